The van der Waals surface area contributed by atoms with Gasteiger partial charge in [-0.2, -0.15) is 5.26 Å². The minimum absolute atomic E-state index is 0.120. The molecule has 2 aromatic heterocycles. The maximum atomic E-state index is 12.3. The van der Waals surface area contributed by atoms with Crippen LogP contribution < -0.4 is 10.9 Å². The van der Waals surface area contributed by atoms with Gasteiger partial charge in [-0.25, -0.2) is 9.67 Å². The van der Waals surface area contributed by atoms with E-state index in [2.05, 4.69) is 21.5 Å². The van der Waals surface area contributed by atoms with Crippen LogP contribution in [0.3, 0.4) is 0 Å². The molecule has 0 atom stereocenters. The highest BCUT2D eigenvalue weighted by atomic mass is 16.1. The number of amides is 1. The molecule has 0 saturated heterocycles. The number of rotatable bonds is 4. The summed E-state index contributed by atoms with van der Waals surface area (Å²) < 4.78 is 1.52. The minimum atomic E-state index is -0.255. The third-order valence-corrected chi connectivity index (χ3v) is 5.00. The molecule has 1 fully saturated rings. The van der Waals surface area contributed by atoms with Crippen LogP contribution in [0.4, 0.5) is 0 Å². The summed E-state index contributed by atoms with van der Waals surface area (Å²) in [5, 5.41) is 14.6. The number of benzene rings is 1. The molecular formula is C21H19N5O2. The molecule has 7 heteroatoms. The Labute approximate surface area is 161 Å². The van der Waals surface area contributed by atoms with Crippen molar-refractivity contribution in [2.24, 2.45) is 0 Å². The van der Waals surface area contributed by atoms with Gasteiger partial charge in [-0.1, -0.05) is 25.0 Å². The molecule has 28 heavy (non-hydrogen) atoms. The van der Waals surface area contributed by atoms with Gasteiger partial charge in [-0.3, -0.25) is 14.7 Å². The van der Waals surface area contributed by atoms with Crippen molar-refractivity contribution < 1.29 is 4.79 Å². The zero-order valence-corrected chi connectivity index (χ0v) is 15.2. The van der Waals surface area contributed by atoms with Gasteiger partial charge >= 0.3 is 0 Å². The Morgan fingerprint density at radius 1 is 1.18 bits per heavy atom. The highest BCUT2D eigenvalue weighted by Crippen LogP contribution is 2.19. The smallest absolute Gasteiger partial charge is 0.272 e. The number of carbonyl (C=O) groups excluding carboxylic acids is 1. The second-order valence-electron chi connectivity index (χ2n) is 6.90. The highest BCUT2D eigenvalue weighted by Gasteiger charge is 2.18. The topological polar surface area (TPSA) is 104 Å². The fourth-order valence-electron chi connectivity index (χ4n) is 3.44. The van der Waals surface area contributed by atoms with Gasteiger partial charge in [0.25, 0.3) is 11.5 Å². The predicted octanol–water partition coefficient (Wildman–Crippen LogP) is 2.77. The number of carbonyl (C=O) groups is 1. The summed E-state index contributed by atoms with van der Waals surface area (Å²) in [5.74, 6) is 0.389. The second-order valence-corrected chi connectivity index (χ2v) is 6.90. The van der Waals surface area contributed by atoms with Crippen molar-refractivity contribution in [3.63, 3.8) is 0 Å². The maximum Gasteiger partial charge on any atom is 0.272 e. The Balaban J connectivity index is 1.53. The Morgan fingerprint density at radius 2 is 1.93 bits per heavy atom. The average molecular weight is 373 g/mol. The number of nitrogens with one attached hydrogen (secondary N) is 2. The molecule has 3 aromatic rings. The summed E-state index contributed by atoms with van der Waals surface area (Å²) in [4.78, 5) is 28.9. The standard InChI is InChI=1S/C21H19N5O2/c22-11-14-5-7-15(8-6-14)18-13-26(25-21(18)28)19-10-9-16(12-23-19)20(27)24-17-3-1-2-4-17/h5-10,12-13,17H,1-4H2,(H,24,27)(H,25,28). The van der Waals surface area contributed by atoms with Crippen molar-refractivity contribution in [1.29, 1.82) is 5.26 Å². The van der Waals surface area contributed by atoms with Crippen molar-refractivity contribution in [2.75, 3.05) is 0 Å². The van der Waals surface area contributed by atoms with Crippen LogP contribution in [0.15, 0.2) is 53.6 Å². The van der Waals surface area contributed by atoms with Crippen molar-refractivity contribution in [3.8, 4) is 23.0 Å². The van der Waals surface area contributed by atoms with Gasteiger partial charge in [-0.05, 0) is 42.7 Å². The van der Waals surface area contributed by atoms with E-state index in [0.717, 1.165) is 25.7 Å². The van der Waals surface area contributed by atoms with E-state index in [-0.39, 0.29) is 17.5 Å². The second kappa shape index (κ2) is 7.53. The van der Waals surface area contributed by atoms with E-state index in [1.807, 2.05) is 0 Å². The van der Waals surface area contributed by atoms with Crippen LogP contribution in [0.1, 0.15) is 41.6 Å². The van der Waals surface area contributed by atoms with E-state index >= 15 is 0 Å². The number of nitrogens with zero attached hydrogens (tertiary/aromatic N) is 3. The van der Waals surface area contributed by atoms with Crippen LogP contribution in [0, 0.1) is 11.3 Å². The zero-order chi connectivity index (χ0) is 19.5. The minimum Gasteiger partial charge on any atom is -0.349 e. The van der Waals surface area contributed by atoms with Crippen LogP contribution in [0.5, 0.6) is 0 Å². The summed E-state index contributed by atoms with van der Waals surface area (Å²) in [5.41, 5.74) is 1.97. The van der Waals surface area contributed by atoms with Gasteiger partial charge in [0, 0.05) is 18.4 Å². The first-order valence-electron chi connectivity index (χ1n) is 9.23. The third kappa shape index (κ3) is 3.58. The van der Waals surface area contributed by atoms with Crippen molar-refractivity contribution in [2.45, 2.75) is 31.7 Å². The molecule has 0 spiro atoms. The average Bonchev–Trinajstić information content (AvgIpc) is 3.38. The Bertz CT molecular complexity index is 1080. The molecule has 140 valence electrons. The van der Waals surface area contributed by atoms with Gasteiger partial charge in [0.15, 0.2) is 5.82 Å². The summed E-state index contributed by atoms with van der Waals surface area (Å²) >= 11 is 0. The zero-order valence-electron chi connectivity index (χ0n) is 15.2. The number of nitriles is 1. The molecule has 0 aliphatic heterocycles. The number of hydrogen-bond donors (Lipinski definition) is 2. The fourth-order valence-corrected chi connectivity index (χ4v) is 3.44. The Kier molecular flexibility index (Phi) is 4.77. The molecule has 0 radical (unpaired) electrons. The Morgan fingerprint density at radius 3 is 2.57 bits per heavy atom. The first-order chi connectivity index (χ1) is 13.6. The van der Waals surface area contributed by atoms with Crippen LogP contribution in [0.25, 0.3) is 16.9 Å². The fraction of sp³-hybridized carbons (Fsp3) is 0.238. The van der Waals surface area contributed by atoms with E-state index < -0.39 is 0 Å². The van der Waals surface area contributed by atoms with E-state index in [1.54, 1.807) is 42.6 Å². The monoisotopic (exact) mass is 373 g/mol. The van der Waals surface area contributed by atoms with Gasteiger partial charge in [0.1, 0.15) is 0 Å². The Hall–Kier alpha value is -3.66. The molecule has 1 aliphatic carbocycles. The molecule has 4 rings (SSSR count). The lowest BCUT2D eigenvalue weighted by atomic mass is 10.1. The molecular weight excluding hydrogens is 354 g/mol. The van der Waals surface area contributed by atoms with Crippen molar-refractivity contribution in [3.05, 3.63) is 70.3 Å². The van der Waals surface area contributed by atoms with Crippen LogP contribution in [-0.4, -0.2) is 26.7 Å². The lowest BCUT2D eigenvalue weighted by Crippen LogP contribution is -2.32. The van der Waals surface area contributed by atoms with Crippen molar-refractivity contribution >= 4 is 5.91 Å². The van der Waals surface area contributed by atoms with E-state index in [0.29, 0.717) is 28.1 Å². The molecule has 1 saturated carbocycles. The van der Waals surface area contributed by atoms with Crippen molar-refractivity contribution in [1.82, 2.24) is 20.1 Å². The number of pyridine rings is 1. The summed E-state index contributed by atoms with van der Waals surface area (Å²) in [6.45, 7) is 0. The first-order valence-corrected chi connectivity index (χ1v) is 9.23. The van der Waals surface area contributed by atoms with E-state index in [9.17, 15) is 9.59 Å². The number of aromatic nitrogens is 3. The molecule has 1 aromatic carbocycles. The molecule has 0 unspecified atom stereocenters. The molecule has 1 amide bonds. The highest BCUT2D eigenvalue weighted by molar-refractivity contribution is 5.94. The quantitative estimate of drug-likeness (QED) is 0.734. The third-order valence-electron chi connectivity index (χ3n) is 5.00. The molecule has 2 N–H and O–H groups in total. The van der Waals surface area contributed by atoms with E-state index in [4.69, 9.17) is 5.26 Å². The number of hydrogen-bond acceptors (Lipinski definition) is 4. The lowest BCUT2D eigenvalue weighted by Gasteiger charge is -2.11. The van der Waals surface area contributed by atoms with Gasteiger partial charge < -0.3 is 5.32 Å². The SMILES string of the molecule is N#Cc1ccc(-c2cn(-c3ccc(C(=O)NC4CCCC4)cn3)[nH]c2=O)cc1. The predicted molar refractivity (Wildman–Crippen MR) is 104 cm³/mol. The van der Waals surface area contributed by atoms with Gasteiger partial charge in [0.2, 0.25) is 0 Å². The first kappa shape index (κ1) is 17.7. The lowest BCUT2D eigenvalue weighted by molar-refractivity contribution is 0.0937. The molecule has 2 heterocycles. The molecule has 1 aliphatic rings. The summed E-state index contributed by atoms with van der Waals surface area (Å²) in [6, 6.07) is 12.5. The number of aromatic amines is 1. The molecule has 7 nitrogen and oxygen atoms in total. The van der Waals surface area contributed by atoms with Gasteiger partial charge in [0.05, 0.1) is 22.8 Å². The maximum absolute atomic E-state index is 12.3. The summed E-state index contributed by atoms with van der Waals surface area (Å²) in [6.07, 6.45) is 7.54. The van der Waals surface area contributed by atoms with Crippen LogP contribution in [0.2, 0.25) is 0 Å². The summed E-state index contributed by atoms with van der Waals surface area (Å²) in [7, 11) is 0. The number of H-pyrrole nitrogens is 1. The van der Waals surface area contributed by atoms with Crippen LogP contribution in [-0.2, 0) is 0 Å². The molecule has 0 bridgehead atoms. The normalized spacial score (nSPS) is 14.0. The van der Waals surface area contributed by atoms with Gasteiger partial charge in [-0.15, -0.1) is 0 Å². The van der Waals surface area contributed by atoms with Crippen LogP contribution >= 0.6 is 0 Å². The van der Waals surface area contributed by atoms with E-state index in [1.165, 1.54) is 10.9 Å². The largest absolute Gasteiger partial charge is 0.349 e.